The Bertz CT molecular complexity index is 808. The number of aliphatic imine (C=N–C) groups is 1. The van der Waals surface area contributed by atoms with Gasteiger partial charge in [-0.1, -0.05) is 23.7 Å². The standard InChI is InChI=1S/C20H29ClN6O.HI/c1-5-22-20(24-11-13(2)18-14(3)26-28-15(18)4)25-16-8-10-27(12-16)19-17(21)7-6-9-23-19;/h6-7,9,13,16H,5,8,10-12H2,1-4H3,(H2,22,24,25);1H. The normalized spacial score (nSPS) is 17.8. The molecule has 2 atom stereocenters. The lowest BCUT2D eigenvalue weighted by atomic mass is 10.00. The molecule has 0 aromatic carbocycles. The number of pyridine rings is 1. The maximum Gasteiger partial charge on any atom is 0.191 e. The molecule has 2 aromatic heterocycles. The van der Waals surface area contributed by atoms with E-state index in [2.05, 4.69) is 39.5 Å². The first-order valence-corrected chi connectivity index (χ1v) is 10.2. The van der Waals surface area contributed by atoms with Gasteiger partial charge in [0, 0.05) is 49.9 Å². The number of nitrogens with zero attached hydrogens (tertiary/aromatic N) is 4. The molecule has 0 spiro atoms. The number of aryl methyl sites for hydroxylation is 2. The van der Waals surface area contributed by atoms with Crippen molar-refractivity contribution >= 4 is 47.4 Å². The third-order valence-corrected chi connectivity index (χ3v) is 5.31. The summed E-state index contributed by atoms with van der Waals surface area (Å²) in [5, 5.41) is 11.6. The van der Waals surface area contributed by atoms with Crippen LogP contribution in [0.4, 0.5) is 5.82 Å². The molecular weight excluding hydrogens is 503 g/mol. The van der Waals surface area contributed by atoms with E-state index in [4.69, 9.17) is 21.1 Å². The van der Waals surface area contributed by atoms with Crippen LogP contribution in [-0.4, -0.2) is 48.3 Å². The van der Waals surface area contributed by atoms with Crippen LogP contribution in [0.1, 0.15) is 43.2 Å². The van der Waals surface area contributed by atoms with Gasteiger partial charge in [-0.15, -0.1) is 24.0 Å². The molecule has 3 rings (SSSR count). The van der Waals surface area contributed by atoms with Crippen molar-refractivity contribution < 1.29 is 4.52 Å². The highest BCUT2D eigenvalue weighted by atomic mass is 127. The maximum atomic E-state index is 6.29. The number of halogens is 2. The molecule has 0 amide bonds. The summed E-state index contributed by atoms with van der Waals surface area (Å²) in [7, 11) is 0. The Morgan fingerprint density at radius 3 is 2.90 bits per heavy atom. The van der Waals surface area contributed by atoms with Crippen molar-refractivity contribution in [2.75, 3.05) is 31.1 Å². The fourth-order valence-electron chi connectivity index (χ4n) is 3.71. The monoisotopic (exact) mass is 532 g/mol. The van der Waals surface area contributed by atoms with Gasteiger partial charge in [0.2, 0.25) is 0 Å². The van der Waals surface area contributed by atoms with Crippen LogP contribution >= 0.6 is 35.6 Å². The summed E-state index contributed by atoms with van der Waals surface area (Å²) in [5.74, 6) is 2.80. The summed E-state index contributed by atoms with van der Waals surface area (Å²) in [6.45, 7) is 11.4. The van der Waals surface area contributed by atoms with Crippen molar-refractivity contribution in [1.82, 2.24) is 20.8 Å². The number of nitrogens with one attached hydrogen (secondary N) is 2. The van der Waals surface area contributed by atoms with Gasteiger partial charge in [-0.2, -0.15) is 0 Å². The van der Waals surface area contributed by atoms with Crippen molar-refractivity contribution in [1.29, 1.82) is 0 Å². The third kappa shape index (κ3) is 5.97. The summed E-state index contributed by atoms with van der Waals surface area (Å²) in [4.78, 5) is 11.4. The van der Waals surface area contributed by atoms with Crippen molar-refractivity contribution in [2.45, 2.75) is 46.1 Å². The molecule has 1 aliphatic rings. The average molecular weight is 533 g/mol. The van der Waals surface area contributed by atoms with E-state index >= 15 is 0 Å². The fourth-order valence-corrected chi connectivity index (χ4v) is 3.95. The molecular formula is C20H30ClIN6O. The molecule has 9 heteroatoms. The van der Waals surface area contributed by atoms with Crippen molar-refractivity contribution in [3.63, 3.8) is 0 Å². The number of hydrogen-bond donors (Lipinski definition) is 2. The first-order valence-electron chi connectivity index (χ1n) is 9.82. The zero-order valence-corrected chi connectivity index (χ0v) is 20.5. The van der Waals surface area contributed by atoms with Crippen LogP contribution < -0.4 is 15.5 Å². The molecule has 7 nitrogen and oxygen atoms in total. The molecule has 2 aromatic rings. The van der Waals surface area contributed by atoms with Gasteiger partial charge in [0.05, 0.1) is 10.7 Å². The first-order chi connectivity index (χ1) is 13.5. The molecule has 1 saturated heterocycles. The predicted molar refractivity (Wildman–Crippen MR) is 129 cm³/mol. The second-order valence-corrected chi connectivity index (χ2v) is 7.65. The van der Waals surface area contributed by atoms with Crippen molar-refractivity contribution in [3.05, 3.63) is 40.4 Å². The van der Waals surface area contributed by atoms with Gasteiger partial charge in [-0.3, -0.25) is 4.99 Å². The lowest BCUT2D eigenvalue weighted by Crippen LogP contribution is -2.44. The maximum absolute atomic E-state index is 6.29. The SMILES string of the molecule is CCNC(=NCC(C)c1c(C)noc1C)NC1CCN(c2ncccc2Cl)C1.I. The fraction of sp³-hybridized carbons (Fsp3) is 0.550. The van der Waals surface area contributed by atoms with E-state index in [9.17, 15) is 0 Å². The summed E-state index contributed by atoms with van der Waals surface area (Å²) < 4.78 is 5.29. The number of guanidine groups is 1. The van der Waals surface area contributed by atoms with Crippen LogP contribution in [0.2, 0.25) is 5.02 Å². The lowest BCUT2D eigenvalue weighted by molar-refractivity contribution is 0.391. The number of hydrogen-bond acceptors (Lipinski definition) is 5. The predicted octanol–water partition coefficient (Wildman–Crippen LogP) is 3.90. The van der Waals surface area contributed by atoms with Crippen LogP contribution in [0, 0.1) is 13.8 Å². The minimum absolute atomic E-state index is 0. The Balaban J connectivity index is 0.00000300. The van der Waals surface area contributed by atoms with E-state index in [0.29, 0.717) is 17.6 Å². The first kappa shape index (κ1) is 23.7. The second-order valence-electron chi connectivity index (χ2n) is 7.24. The lowest BCUT2D eigenvalue weighted by Gasteiger charge is -2.20. The summed E-state index contributed by atoms with van der Waals surface area (Å²) in [6.07, 6.45) is 2.79. The van der Waals surface area contributed by atoms with Crippen molar-refractivity contribution in [3.8, 4) is 0 Å². The molecule has 1 aliphatic heterocycles. The minimum atomic E-state index is 0. The highest BCUT2D eigenvalue weighted by molar-refractivity contribution is 14.0. The van der Waals surface area contributed by atoms with Crippen LogP contribution in [-0.2, 0) is 0 Å². The smallest absolute Gasteiger partial charge is 0.191 e. The Kier molecular flexibility index (Phi) is 9.01. The number of aromatic nitrogens is 2. The van der Waals surface area contributed by atoms with Crippen LogP contribution in [0.25, 0.3) is 0 Å². The van der Waals surface area contributed by atoms with Gasteiger partial charge < -0.3 is 20.1 Å². The molecule has 29 heavy (non-hydrogen) atoms. The third-order valence-electron chi connectivity index (χ3n) is 5.02. The molecule has 2 unspecified atom stereocenters. The quantitative estimate of drug-likeness (QED) is 0.334. The molecule has 0 radical (unpaired) electrons. The highest BCUT2D eigenvalue weighted by Gasteiger charge is 2.25. The van der Waals surface area contributed by atoms with E-state index in [-0.39, 0.29) is 29.9 Å². The van der Waals surface area contributed by atoms with Gasteiger partial charge >= 0.3 is 0 Å². The van der Waals surface area contributed by atoms with Gasteiger partial charge in [0.25, 0.3) is 0 Å². The Morgan fingerprint density at radius 2 is 2.24 bits per heavy atom. The van der Waals surface area contributed by atoms with E-state index in [1.807, 2.05) is 26.0 Å². The van der Waals surface area contributed by atoms with E-state index in [1.54, 1.807) is 6.20 Å². The molecule has 1 fully saturated rings. The second kappa shape index (κ2) is 11.0. The zero-order valence-electron chi connectivity index (χ0n) is 17.4. The van der Waals surface area contributed by atoms with Gasteiger partial charge in [0.1, 0.15) is 11.6 Å². The Labute approximate surface area is 194 Å². The van der Waals surface area contributed by atoms with E-state index in [0.717, 1.165) is 54.9 Å². The summed E-state index contributed by atoms with van der Waals surface area (Å²) in [6, 6.07) is 4.03. The van der Waals surface area contributed by atoms with E-state index in [1.165, 1.54) is 0 Å². The molecule has 0 bridgehead atoms. The van der Waals surface area contributed by atoms with Crippen LogP contribution in [0.3, 0.4) is 0 Å². The van der Waals surface area contributed by atoms with Gasteiger partial charge in [0.15, 0.2) is 5.96 Å². The van der Waals surface area contributed by atoms with E-state index < -0.39 is 0 Å². The molecule has 3 heterocycles. The van der Waals surface area contributed by atoms with Gasteiger partial charge in [-0.25, -0.2) is 4.98 Å². The zero-order chi connectivity index (χ0) is 20.1. The Morgan fingerprint density at radius 1 is 1.45 bits per heavy atom. The van der Waals surface area contributed by atoms with Gasteiger partial charge in [-0.05, 0) is 39.3 Å². The molecule has 0 aliphatic carbocycles. The summed E-state index contributed by atoms with van der Waals surface area (Å²) >= 11 is 6.29. The summed E-state index contributed by atoms with van der Waals surface area (Å²) in [5.41, 5.74) is 2.09. The molecule has 0 saturated carbocycles. The average Bonchev–Trinajstić information content (AvgIpc) is 3.26. The molecule has 160 valence electrons. The van der Waals surface area contributed by atoms with Crippen LogP contribution in [0.15, 0.2) is 27.8 Å². The number of anilines is 1. The van der Waals surface area contributed by atoms with Crippen molar-refractivity contribution in [2.24, 2.45) is 4.99 Å². The van der Waals surface area contributed by atoms with Crippen LogP contribution in [0.5, 0.6) is 0 Å². The number of rotatable bonds is 6. The topological polar surface area (TPSA) is 78.6 Å². The molecule has 2 N–H and O–H groups in total. The largest absolute Gasteiger partial charge is 0.361 e. The highest BCUT2D eigenvalue weighted by Crippen LogP contribution is 2.26. The Hall–Kier alpha value is -1.55. The minimum Gasteiger partial charge on any atom is -0.361 e.